The lowest BCUT2D eigenvalue weighted by atomic mass is 9.88. The number of benzene rings is 2. The van der Waals surface area contributed by atoms with Crippen molar-refractivity contribution < 1.29 is 9.53 Å². The summed E-state index contributed by atoms with van der Waals surface area (Å²) in [7, 11) is 2.16. The topological polar surface area (TPSA) is 29.5 Å². The van der Waals surface area contributed by atoms with Crippen LogP contribution in [0.2, 0.25) is 5.02 Å². The van der Waals surface area contributed by atoms with E-state index in [4.69, 9.17) is 16.3 Å². The quantitative estimate of drug-likeness (QED) is 0.225. The molecule has 1 aliphatic heterocycles. The molecule has 0 bridgehead atoms. The number of hydrogen-bond donors (Lipinski definition) is 0. The normalized spacial score (nSPS) is 16.5. The summed E-state index contributed by atoms with van der Waals surface area (Å²) in [5.41, 5.74) is 3.74. The van der Waals surface area contributed by atoms with Gasteiger partial charge in [0.05, 0.1) is 5.02 Å². The molecule has 0 amide bonds. The zero-order valence-corrected chi connectivity index (χ0v) is 19.8. The molecule has 0 unspecified atom stereocenters. The highest BCUT2D eigenvalue weighted by molar-refractivity contribution is 6.32. The van der Waals surface area contributed by atoms with E-state index in [9.17, 15) is 4.79 Å². The molecule has 0 saturated carbocycles. The number of nitrogens with zero attached hydrogens (tertiary/aromatic N) is 1. The second-order valence-electron chi connectivity index (χ2n) is 8.80. The summed E-state index contributed by atoms with van der Waals surface area (Å²) >= 11 is 6.53. The van der Waals surface area contributed by atoms with Gasteiger partial charge >= 0.3 is 5.97 Å². The van der Waals surface area contributed by atoms with Gasteiger partial charge in [0.1, 0.15) is 5.75 Å². The van der Waals surface area contributed by atoms with Gasteiger partial charge in [0.25, 0.3) is 0 Å². The first-order valence-electron chi connectivity index (χ1n) is 11.8. The van der Waals surface area contributed by atoms with Crippen LogP contribution in [0.25, 0.3) is 0 Å². The highest BCUT2D eigenvalue weighted by Crippen LogP contribution is 2.37. The van der Waals surface area contributed by atoms with Crippen LogP contribution in [0.1, 0.15) is 80.9 Å². The smallest absolute Gasteiger partial charge is 0.311 e. The molecule has 0 spiro atoms. The fourth-order valence-corrected chi connectivity index (χ4v) is 4.64. The lowest BCUT2D eigenvalue weighted by Gasteiger charge is -2.22. The number of ether oxygens (including phenoxy) is 1. The second kappa shape index (κ2) is 12.3. The number of unbranched alkanes of at least 4 members (excludes halogenated alkanes) is 6. The average molecular weight is 442 g/mol. The number of halogens is 1. The Balaban J connectivity index is 1.67. The van der Waals surface area contributed by atoms with Crippen molar-refractivity contribution in [3.63, 3.8) is 0 Å². The van der Waals surface area contributed by atoms with E-state index in [0.717, 1.165) is 32.4 Å². The van der Waals surface area contributed by atoms with Crippen LogP contribution < -0.4 is 4.74 Å². The maximum Gasteiger partial charge on any atom is 0.311 e. The zero-order valence-electron chi connectivity index (χ0n) is 19.0. The van der Waals surface area contributed by atoms with E-state index in [1.165, 1.54) is 48.8 Å². The first kappa shape index (κ1) is 23.8. The van der Waals surface area contributed by atoms with Crippen LogP contribution in [0.3, 0.4) is 0 Å². The molecule has 2 aromatic carbocycles. The van der Waals surface area contributed by atoms with Gasteiger partial charge in [0.2, 0.25) is 0 Å². The number of carbonyl (C=O) groups is 1. The van der Waals surface area contributed by atoms with Crippen molar-refractivity contribution in [1.82, 2.24) is 4.90 Å². The molecule has 4 heteroatoms. The molecular weight excluding hydrogens is 406 g/mol. The van der Waals surface area contributed by atoms with E-state index in [0.29, 0.717) is 17.2 Å². The minimum absolute atomic E-state index is 0.183. The van der Waals surface area contributed by atoms with Crippen molar-refractivity contribution in [1.29, 1.82) is 0 Å². The fraction of sp³-hybridized carbons (Fsp3) is 0.519. The second-order valence-corrected chi connectivity index (χ2v) is 9.21. The summed E-state index contributed by atoms with van der Waals surface area (Å²) in [6, 6.07) is 14.6. The molecule has 0 N–H and O–H groups in total. The van der Waals surface area contributed by atoms with Crippen molar-refractivity contribution in [2.45, 2.75) is 70.6 Å². The van der Waals surface area contributed by atoms with Gasteiger partial charge in [-0.1, -0.05) is 87.4 Å². The zero-order chi connectivity index (χ0) is 22.1. The number of likely N-dealkylation sites (N-methyl/N-ethyl adjacent to an activating group) is 1. The average Bonchev–Trinajstić information content (AvgIpc) is 2.93. The predicted molar refractivity (Wildman–Crippen MR) is 129 cm³/mol. The lowest BCUT2D eigenvalue weighted by molar-refractivity contribution is -0.134. The third-order valence-corrected chi connectivity index (χ3v) is 6.53. The summed E-state index contributed by atoms with van der Waals surface area (Å²) in [5, 5.41) is 0.531. The van der Waals surface area contributed by atoms with Gasteiger partial charge in [0, 0.05) is 25.4 Å². The van der Waals surface area contributed by atoms with Crippen LogP contribution in [0.4, 0.5) is 0 Å². The third-order valence-electron chi connectivity index (χ3n) is 6.24. The maximum absolute atomic E-state index is 12.5. The van der Waals surface area contributed by atoms with Gasteiger partial charge in [-0.3, -0.25) is 4.79 Å². The Morgan fingerprint density at radius 1 is 1.06 bits per heavy atom. The van der Waals surface area contributed by atoms with Gasteiger partial charge in [-0.25, -0.2) is 0 Å². The molecule has 1 heterocycles. The number of carbonyl (C=O) groups excluding carboxylic acids is 1. The minimum atomic E-state index is -0.183. The Bertz CT molecular complexity index is 837. The number of fused-ring (bicyclic) bond motifs is 1. The van der Waals surface area contributed by atoms with E-state index in [1.807, 2.05) is 18.2 Å². The third kappa shape index (κ3) is 7.08. The Hall–Kier alpha value is -1.84. The van der Waals surface area contributed by atoms with Gasteiger partial charge in [0.15, 0.2) is 0 Å². The summed E-state index contributed by atoms with van der Waals surface area (Å²) in [6.07, 6.45) is 9.67. The van der Waals surface area contributed by atoms with Gasteiger partial charge in [-0.2, -0.15) is 0 Å². The SMILES string of the molecule is CCCCCCCCCC(=O)Oc1cc2c(cc1Cl)CCN(C)C[C@H]2c1ccccc1. The first-order chi connectivity index (χ1) is 15.1. The number of esters is 1. The van der Waals surface area contributed by atoms with Crippen LogP contribution in [0.15, 0.2) is 42.5 Å². The highest BCUT2D eigenvalue weighted by atomic mass is 35.5. The molecule has 0 aromatic heterocycles. The summed E-state index contributed by atoms with van der Waals surface area (Å²) in [5.74, 6) is 0.554. The molecule has 0 radical (unpaired) electrons. The molecule has 0 aliphatic carbocycles. The lowest BCUT2D eigenvalue weighted by Crippen LogP contribution is -2.24. The van der Waals surface area contributed by atoms with E-state index >= 15 is 0 Å². The van der Waals surface area contributed by atoms with Gasteiger partial charge in [-0.15, -0.1) is 0 Å². The Morgan fingerprint density at radius 2 is 1.77 bits per heavy atom. The van der Waals surface area contributed by atoms with Crippen molar-refractivity contribution in [3.05, 3.63) is 64.2 Å². The maximum atomic E-state index is 12.5. The highest BCUT2D eigenvalue weighted by Gasteiger charge is 2.25. The van der Waals surface area contributed by atoms with Crippen molar-refractivity contribution in [3.8, 4) is 5.75 Å². The molecule has 1 atom stereocenters. The van der Waals surface area contributed by atoms with Crippen LogP contribution >= 0.6 is 11.6 Å². The summed E-state index contributed by atoms with van der Waals surface area (Å²) in [6.45, 7) is 4.15. The van der Waals surface area contributed by atoms with E-state index < -0.39 is 0 Å². The standard InChI is InChI=1S/C27H36ClNO2/c1-3-4-5-6-7-8-12-15-27(30)31-26-19-23-22(18-25(26)28)16-17-29(2)20-24(23)21-13-10-9-11-14-21/h9-11,13-14,18-19,24H,3-8,12,15-17,20H2,1-2H3/t24-/m0/s1. The van der Waals surface area contributed by atoms with Crippen molar-refractivity contribution in [2.24, 2.45) is 0 Å². The van der Waals surface area contributed by atoms with E-state index in [-0.39, 0.29) is 11.9 Å². The van der Waals surface area contributed by atoms with E-state index in [1.54, 1.807) is 0 Å². The molecule has 2 aromatic rings. The van der Waals surface area contributed by atoms with Crippen LogP contribution in [-0.4, -0.2) is 31.0 Å². The first-order valence-corrected chi connectivity index (χ1v) is 12.2. The van der Waals surface area contributed by atoms with Crippen molar-refractivity contribution in [2.75, 3.05) is 20.1 Å². The molecule has 0 fully saturated rings. The van der Waals surface area contributed by atoms with Crippen LogP contribution in [0, 0.1) is 0 Å². The Morgan fingerprint density at radius 3 is 2.52 bits per heavy atom. The summed E-state index contributed by atoms with van der Waals surface area (Å²) < 4.78 is 5.72. The Kier molecular flexibility index (Phi) is 9.42. The fourth-order valence-electron chi connectivity index (χ4n) is 4.41. The minimum Gasteiger partial charge on any atom is -0.425 e. The van der Waals surface area contributed by atoms with Crippen molar-refractivity contribution >= 4 is 17.6 Å². The predicted octanol–water partition coefficient (Wildman–Crippen LogP) is 7.01. The van der Waals surface area contributed by atoms with Crippen LogP contribution in [0.5, 0.6) is 5.75 Å². The molecule has 31 heavy (non-hydrogen) atoms. The van der Waals surface area contributed by atoms with Crippen LogP contribution in [-0.2, 0) is 11.2 Å². The molecule has 3 rings (SSSR count). The summed E-state index contributed by atoms with van der Waals surface area (Å²) in [4.78, 5) is 14.8. The number of rotatable bonds is 10. The molecule has 1 aliphatic rings. The molecule has 3 nitrogen and oxygen atoms in total. The Labute approximate surface area is 192 Å². The van der Waals surface area contributed by atoms with Gasteiger partial charge < -0.3 is 9.64 Å². The molecule has 168 valence electrons. The molecular formula is C27H36ClNO2. The molecule has 0 saturated heterocycles. The monoisotopic (exact) mass is 441 g/mol. The number of hydrogen-bond acceptors (Lipinski definition) is 3. The van der Waals surface area contributed by atoms with Gasteiger partial charge in [-0.05, 0) is 48.7 Å². The largest absolute Gasteiger partial charge is 0.425 e. The van der Waals surface area contributed by atoms with E-state index in [2.05, 4.69) is 43.1 Å².